The van der Waals surface area contributed by atoms with E-state index in [-0.39, 0.29) is 0 Å². The second-order valence-corrected chi connectivity index (χ2v) is 5.84. The third kappa shape index (κ3) is 2.61. The number of likely N-dealkylation sites (tertiary alicyclic amines) is 1. The lowest BCUT2D eigenvalue weighted by Crippen LogP contribution is -2.46. The average molecular weight is 271 g/mol. The summed E-state index contributed by atoms with van der Waals surface area (Å²) in [4.78, 5) is 4.97. The van der Waals surface area contributed by atoms with Gasteiger partial charge in [-0.2, -0.15) is 5.26 Å². The van der Waals surface area contributed by atoms with Crippen molar-refractivity contribution in [1.29, 1.82) is 5.26 Å². The molecule has 1 unspecified atom stereocenters. The summed E-state index contributed by atoms with van der Waals surface area (Å²) >= 11 is 0. The first-order chi connectivity index (χ1) is 9.78. The van der Waals surface area contributed by atoms with Crippen LogP contribution in [0.4, 0.5) is 5.82 Å². The maximum atomic E-state index is 8.75. The van der Waals surface area contributed by atoms with Gasteiger partial charge in [-0.25, -0.2) is 0 Å². The van der Waals surface area contributed by atoms with Crippen LogP contribution >= 0.6 is 0 Å². The van der Waals surface area contributed by atoms with Crippen molar-refractivity contribution >= 4 is 5.82 Å². The highest BCUT2D eigenvalue weighted by Crippen LogP contribution is 2.26. The van der Waals surface area contributed by atoms with Gasteiger partial charge in [-0.05, 0) is 51.3 Å². The summed E-state index contributed by atoms with van der Waals surface area (Å²) < 4.78 is 0. The first kappa shape index (κ1) is 13.3. The molecule has 0 amide bonds. The Kier molecular flexibility index (Phi) is 3.83. The van der Waals surface area contributed by atoms with Crippen molar-refractivity contribution in [2.75, 3.05) is 24.5 Å². The third-order valence-corrected chi connectivity index (χ3v) is 4.63. The van der Waals surface area contributed by atoms with Gasteiger partial charge in [0.05, 0.1) is 0 Å². The van der Waals surface area contributed by atoms with E-state index >= 15 is 0 Å². The number of piperidine rings is 1. The Morgan fingerprint density at radius 2 is 1.95 bits per heavy atom. The Hall–Kier alpha value is -1.67. The van der Waals surface area contributed by atoms with Gasteiger partial charge in [0.1, 0.15) is 6.07 Å². The van der Waals surface area contributed by atoms with Crippen LogP contribution in [0.15, 0.2) is 12.1 Å². The fourth-order valence-electron chi connectivity index (χ4n) is 3.48. The predicted molar refractivity (Wildman–Crippen MR) is 77.4 cm³/mol. The van der Waals surface area contributed by atoms with E-state index in [9.17, 15) is 0 Å². The summed E-state index contributed by atoms with van der Waals surface area (Å²) in [5.74, 6) is 0.900. The second kappa shape index (κ2) is 5.76. The van der Waals surface area contributed by atoms with E-state index < -0.39 is 0 Å². The van der Waals surface area contributed by atoms with Crippen molar-refractivity contribution in [3.8, 4) is 6.07 Å². The lowest BCUT2D eigenvalue weighted by atomic mass is 10.0. The van der Waals surface area contributed by atoms with Gasteiger partial charge in [-0.1, -0.05) is 0 Å². The second-order valence-electron chi connectivity index (χ2n) is 5.84. The number of rotatable bonds is 2. The maximum absolute atomic E-state index is 8.75. The molecule has 3 heterocycles. The van der Waals surface area contributed by atoms with Gasteiger partial charge in [0.2, 0.25) is 0 Å². The molecule has 2 fully saturated rings. The molecule has 2 aliphatic heterocycles. The van der Waals surface area contributed by atoms with Gasteiger partial charge in [0.15, 0.2) is 11.5 Å². The number of nitrogens with zero attached hydrogens (tertiary/aromatic N) is 5. The number of hydrogen-bond acceptors (Lipinski definition) is 5. The highest BCUT2D eigenvalue weighted by molar-refractivity contribution is 5.39. The number of anilines is 1. The van der Waals surface area contributed by atoms with Crippen LogP contribution in [0.25, 0.3) is 0 Å². The molecule has 0 radical (unpaired) electrons. The first-order valence-electron chi connectivity index (χ1n) is 7.52. The lowest BCUT2D eigenvalue weighted by molar-refractivity contribution is 0.163. The van der Waals surface area contributed by atoms with Crippen molar-refractivity contribution < 1.29 is 0 Å². The molecule has 0 aliphatic carbocycles. The van der Waals surface area contributed by atoms with E-state index in [0.717, 1.165) is 31.0 Å². The average Bonchev–Trinajstić information content (AvgIpc) is 2.94. The van der Waals surface area contributed by atoms with Gasteiger partial charge < -0.3 is 4.90 Å². The summed E-state index contributed by atoms with van der Waals surface area (Å²) in [6, 6.07) is 7.14. The molecule has 0 bridgehead atoms. The van der Waals surface area contributed by atoms with E-state index in [1.54, 1.807) is 6.07 Å². The number of aromatic nitrogens is 2. The zero-order valence-electron chi connectivity index (χ0n) is 12.0. The molecule has 2 saturated heterocycles. The van der Waals surface area contributed by atoms with Crippen LogP contribution < -0.4 is 4.90 Å². The summed E-state index contributed by atoms with van der Waals surface area (Å²) in [5.41, 5.74) is 0.384. The SMILES string of the molecule is CC1CCCN1C1CCN(c2ccc(C#N)nn2)CC1. The quantitative estimate of drug-likeness (QED) is 0.821. The third-order valence-electron chi connectivity index (χ3n) is 4.63. The molecule has 3 rings (SSSR count). The number of hydrogen-bond donors (Lipinski definition) is 0. The van der Waals surface area contributed by atoms with Gasteiger partial charge in [0.25, 0.3) is 0 Å². The molecule has 0 aromatic carbocycles. The minimum atomic E-state index is 0.384. The normalized spacial score (nSPS) is 24.8. The maximum Gasteiger partial charge on any atom is 0.163 e. The lowest BCUT2D eigenvalue weighted by Gasteiger charge is -2.38. The minimum absolute atomic E-state index is 0.384. The van der Waals surface area contributed by atoms with E-state index in [2.05, 4.69) is 26.9 Å². The zero-order chi connectivity index (χ0) is 13.9. The van der Waals surface area contributed by atoms with Crippen LogP contribution in [0.2, 0.25) is 0 Å². The van der Waals surface area contributed by atoms with Gasteiger partial charge >= 0.3 is 0 Å². The minimum Gasteiger partial charge on any atom is -0.355 e. The monoisotopic (exact) mass is 271 g/mol. The molecule has 1 aromatic heterocycles. The molecule has 106 valence electrons. The summed E-state index contributed by atoms with van der Waals surface area (Å²) in [7, 11) is 0. The Morgan fingerprint density at radius 1 is 1.15 bits per heavy atom. The topological polar surface area (TPSA) is 56.0 Å². The molecular formula is C15H21N5. The molecular weight excluding hydrogens is 250 g/mol. The molecule has 2 aliphatic rings. The molecule has 0 saturated carbocycles. The fraction of sp³-hybridized carbons (Fsp3) is 0.667. The molecule has 1 atom stereocenters. The van der Waals surface area contributed by atoms with Crippen LogP contribution in [-0.2, 0) is 0 Å². The van der Waals surface area contributed by atoms with Crippen molar-refractivity contribution in [2.24, 2.45) is 0 Å². The highest BCUT2D eigenvalue weighted by atomic mass is 15.3. The summed E-state index contributed by atoms with van der Waals surface area (Å²) in [6.07, 6.45) is 5.10. The molecule has 20 heavy (non-hydrogen) atoms. The molecule has 0 N–H and O–H groups in total. The first-order valence-corrected chi connectivity index (χ1v) is 7.52. The Morgan fingerprint density at radius 3 is 2.50 bits per heavy atom. The molecule has 5 nitrogen and oxygen atoms in total. The largest absolute Gasteiger partial charge is 0.355 e. The van der Waals surface area contributed by atoms with Crippen molar-refractivity contribution in [3.63, 3.8) is 0 Å². The smallest absolute Gasteiger partial charge is 0.163 e. The van der Waals surface area contributed by atoms with Crippen molar-refractivity contribution in [1.82, 2.24) is 15.1 Å². The van der Waals surface area contributed by atoms with Crippen molar-refractivity contribution in [3.05, 3.63) is 17.8 Å². The highest BCUT2D eigenvalue weighted by Gasteiger charge is 2.30. The standard InChI is InChI=1S/C15H21N5/c1-12-3-2-8-20(12)14-6-9-19(10-7-14)15-5-4-13(11-16)17-18-15/h4-5,12,14H,2-3,6-10H2,1H3. The molecule has 0 spiro atoms. The van der Waals surface area contributed by atoms with Crippen LogP contribution in [0.3, 0.4) is 0 Å². The van der Waals surface area contributed by atoms with Crippen molar-refractivity contribution in [2.45, 2.75) is 44.7 Å². The number of nitriles is 1. The fourth-order valence-corrected chi connectivity index (χ4v) is 3.48. The Balaban J connectivity index is 1.59. The predicted octanol–water partition coefficient (Wildman–Crippen LogP) is 1.80. The van der Waals surface area contributed by atoms with Gasteiger partial charge in [0, 0.05) is 25.2 Å². The Labute approximate surface area is 120 Å². The van der Waals surface area contributed by atoms with E-state index in [1.807, 2.05) is 12.1 Å². The van der Waals surface area contributed by atoms with E-state index in [0.29, 0.717) is 5.69 Å². The molecule has 5 heteroatoms. The van der Waals surface area contributed by atoms with Crippen LogP contribution in [-0.4, -0.2) is 46.8 Å². The van der Waals surface area contributed by atoms with Gasteiger partial charge in [-0.3, -0.25) is 4.90 Å². The van der Waals surface area contributed by atoms with Crippen LogP contribution in [0, 0.1) is 11.3 Å². The summed E-state index contributed by atoms with van der Waals surface area (Å²) in [5, 5.41) is 16.8. The van der Waals surface area contributed by atoms with E-state index in [1.165, 1.54) is 32.2 Å². The molecule has 1 aromatic rings. The van der Waals surface area contributed by atoms with Crippen LogP contribution in [0.5, 0.6) is 0 Å². The zero-order valence-corrected chi connectivity index (χ0v) is 12.0. The summed E-state index contributed by atoms with van der Waals surface area (Å²) in [6.45, 7) is 5.69. The Bertz CT molecular complexity index is 484. The van der Waals surface area contributed by atoms with E-state index in [4.69, 9.17) is 5.26 Å². The van der Waals surface area contributed by atoms with Gasteiger partial charge in [-0.15, -0.1) is 10.2 Å². The van der Waals surface area contributed by atoms with Crippen LogP contribution in [0.1, 0.15) is 38.3 Å².